The van der Waals surface area contributed by atoms with Gasteiger partial charge < -0.3 is 24.7 Å². The fourth-order valence-corrected chi connectivity index (χ4v) is 3.94. The Labute approximate surface area is 203 Å². The van der Waals surface area contributed by atoms with Crippen LogP contribution in [0.1, 0.15) is 36.1 Å². The van der Waals surface area contributed by atoms with E-state index in [0.29, 0.717) is 28.0 Å². The van der Waals surface area contributed by atoms with Gasteiger partial charge in [0, 0.05) is 18.3 Å². The topological polar surface area (TPSA) is 107 Å². The number of amides is 2. The molecule has 0 aliphatic carbocycles. The van der Waals surface area contributed by atoms with E-state index in [-0.39, 0.29) is 29.5 Å². The van der Waals surface area contributed by atoms with Crippen molar-refractivity contribution in [3.8, 4) is 11.5 Å². The summed E-state index contributed by atoms with van der Waals surface area (Å²) in [6.07, 6.45) is 0. The van der Waals surface area contributed by atoms with Gasteiger partial charge in [-0.05, 0) is 54.4 Å². The number of benzene rings is 2. The SMILES string of the molecule is COc1ccc(NC(=O)CSc2nnc([C@@H](NC(=O)c3ccc(OC)cc3)C(C)C)n2C)cc1. The summed E-state index contributed by atoms with van der Waals surface area (Å²) in [5.41, 5.74) is 1.21. The van der Waals surface area contributed by atoms with Gasteiger partial charge in [0.2, 0.25) is 5.91 Å². The third-order valence-electron chi connectivity index (χ3n) is 5.16. The largest absolute Gasteiger partial charge is 0.497 e. The van der Waals surface area contributed by atoms with Gasteiger partial charge in [0.25, 0.3) is 5.91 Å². The molecule has 2 amide bonds. The predicted molar refractivity (Wildman–Crippen MR) is 131 cm³/mol. The number of thioether (sulfide) groups is 1. The highest BCUT2D eigenvalue weighted by Crippen LogP contribution is 2.25. The molecule has 0 fully saturated rings. The van der Waals surface area contributed by atoms with Crippen molar-refractivity contribution >= 4 is 29.3 Å². The summed E-state index contributed by atoms with van der Waals surface area (Å²) in [5, 5.41) is 15.0. The van der Waals surface area contributed by atoms with E-state index in [1.807, 2.05) is 25.5 Å². The molecule has 10 heteroatoms. The van der Waals surface area contributed by atoms with Crippen LogP contribution in [0.4, 0.5) is 5.69 Å². The van der Waals surface area contributed by atoms with Crippen LogP contribution in [0.5, 0.6) is 11.5 Å². The zero-order valence-electron chi connectivity index (χ0n) is 19.9. The first-order chi connectivity index (χ1) is 16.3. The minimum absolute atomic E-state index is 0.0707. The average molecular weight is 484 g/mol. The van der Waals surface area contributed by atoms with Gasteiger partial charge in [0.1, 0.15) is 11.5 Å². The van der Waals surface area contributed by atoms with Crippen LogP contribution in [-0.4, -0.2) is 46.6 Å². The molecule has 3 rings (SSSR count). The van der Waals surface area contributed by atoms with Crippen molar-refractivity contribution in [3.63, 3.8) is 0 Å². The van der Waals surface area contributed by atoms with Crippen molar-refractivity contribution in [1.29, 1.82) is 0 Å². The Bertz CT molecular complexity index is 1110. The molecule has 3 aromatic rings. The lowest BCUT2D eigenvalue weighted by atomic mass is 10.0. The molecule has 0 spiro atoms. The van der Waals surface area contributed by atoms with Crippen LogP contribution in [0.2, 0.25) is 0 Å². The van der Waals surface area contributed by atoms with Gasteiger partial charge in [0.15, 0.2) is 11.0 Å². The first-order valence-corrected chi connectivity index (χ1v) is 11.7. The quantitative estimate of drug-likeness (QED) is 0.424. The van der Waals surface area contributed by atoms with Crippen LogP contribution >= 0.6 is 11.8 Å². The Kier molecular flexibility index (Phi) is 8.53. The Hall–Kier alpha value is -3.53. The number of hydrogen-bond donors (Lipinski definition) is 2. The lowest BCUT2D eigenvalue weighted by Gasteiger charge is -2.21. The van der Waals surface area contributed by atoms with Gasteiger partial charge in [-0.3, -0.25) is 9.59 Å². The molecule has 1 atom stereocenters. The molecule has 9 nitrogen and oxygen atoms in total. The van der Waals surface area contributed by atoms with Gasteiger partial charge in [-0.1, -0.05) is 25.6 Å². The molecule has 0 aliphatic heterocycles. The normalized spacial score (nSPS) is 11.7. The molecule has 180 valence electrons. The fraction of sp³-hybridized carbons (Fsp3) is 0.333. The van der Waals surface area contributed by atoms with Crippen molar-refractivity contribution in [2.45, 2.75) is 25.0 Å². The van der Waals surface area contributed by atoms with Crippen molar-refractivity contribution in [3.05, 3.63) is 59.9 Å². The molecule has 1 heterocycles. The molecule has 0 radical (unpaired) electrons. The fourth-order valence-electron chi connectivity index (χ4n) is 3.22. The van der Waals surface area contributed by atoms with E-state index in [1.165, 1.54) is 11.8 Å². The lowest BCUT2D eigenvalue weighted by molar-refractivity contribution is -0.113. The Morgan fingerprint density at radius 3 is 2.12 bits per heavy atom. The van der Waals surface area contributed by atoms with E-state index in [4.69, 9.17) is 9.47 Å². The molecular formula is C24H29N5O4S. The number of carbonyl (C=O) groups is 2. The molecule has 0 saturated carbocycles. The summed E-state index contributed by atoms with van der Waals surface area (Å²) in [4.78, 5) is 25.2. The van der Waals surface area contributed by atoms with Crippen LogP contribution < -0.4 is 20.1 Å². The number of hydrogen-bond acceptors (Lipinski definition) is 7. The number of carbonyl (C=O) groups excluding carboxylic acids is 2. The second-order valence-corrected chi connectivity index (χ2v) is 8.83. The van der Waals surface area contributed by atoms with Crippen molar-refractivity contribution in [2.75, 3.05) is 25.3 Å². The zero-order chi connectivity index (χ0) is 24.7. The molecule has 34 heavy (non-hydrogen) atoms. The zero-order valence-corrected chi connectivity index (χ0v) is 20.7. The summed E-state index contributed by atoms with van der Waals surface area (Å²) in [6, 6.07) is 13.7. The highest BCUT2D eigenvalue weighted by atomic mass is 32.2. The minimum Gasteiger partial charge on any atom is -0.497 e. The summed E-state index contributed by atoms with van der Waals surface area (Å²) >= 11 is 1.28. The molecular weight excluding hydrogens is 454 g/mol. The minimum atomic E-state index is -0.352. The van der Waals surface area contributed by atoms with Gasteiger partial charge in [-0.15, -0.1) is 10.2 Å². The molecule has 0 aliphatic rings. The monoisotopic (exact) mass is 483 g/mol. The second kappa shape index (κ2) is 11.6. The lowest BCUT2D eigenvalue weighted by Crippen LogP contribution is -2.33. The molecule has 2 aromatic carbocycles. The summed E-state index contributed by atoms with van der Waals surface area (Å²) in [6.45, 7) is 4.01. The van der Waals surface area contributed by atoms with Gasteiger partial charge in [0.05, 0.1) is 26.0 Å². The van der Waals surface area contributed by atoms with Crippen molar-refractivity contribution in [1.82, 2.24) is 20.1 Å². The first-order valence-electron chi connectivity index (χ1n) is 10.7. The van der Waals surface area contributed by atoms with E-state index in [1.54, 1.807) is 62.8 Å². The maximum absolute atomic E-state index is 12.8. The average Bonchev–Trinajstić information content (AvgIpc) is 3.21. The van der Waals surface area contributed by atoms with Crippen LogP contribution in [-0.2, 0) is 11.8 Å². The van der Waals surface area contributed by atoms with Crippen LogP contribution in [0, 0.1) is 5.92 Å². The van der Waals surface area contributed by atoms with Crippen LogP contribution in [0.25, 0.3) is 0 Å². The predicted octanol–water partition coefficient (Wildman–Crippen LogP) is 3.69. The molecule has 2 N–H and O–H groups in total. The number of aromatic nitrogens is 3. The van der Waals surface area contributed by atoms with Gasteiger partial charge >= 0.3 is 0 Å². The smallest absolute Gasteiger partial charge is 0.251 e. The van der Waals surface area contributed by atoms with Crippen molar-refractivity contribution in [2.24, 2.45) is 13.0 Å². The van der Waals surface area contributed by atoms with E-state index in [2.05, 4.69) is 20.8 Å². The maximum Gasteiger partial charge on any atom is 0.251 e. The third-order valence-corrected chi connectivity index (χ3v) is 6.18. The number of rotatable bonds is 10. The summed E-state index contributed by atoms with van der Waals surface area (Å²) < 4.78 is 12.1. The van der Waals surface area contributed by atoms with Crippen molar-refractivity contribution < 1.29 is 19.1 Å². The van der Waals surface area contributed by atoms with E-state index >= 15 is 0 Å². The summed E-state index contributed by atoms with van der Waals surface area (Å²) in [7, 11) is 5.00. The first kappa shape index (κ1) is 25.1. The van der Waals surface area contributed by atoms with E-state index in [9.17, 15) is 9.59 Å². The van der Waals surface area contributed by atoms with Gasteiger partial charge in [-0.25, -0.2) is 0 Å². The van der Waals surface area contributed by atoms with Gasteiger partial charge in [-0.2, -0.15) is 0 Å². The summed E-state index contributed by atoms with van der Waals surface area (Å²) in [5.74, 6) is 1.89. The number of methoxy groups -OCH3 is 2. The highest BCUT2D eigenvalue weighted by Gasteiger charge is 2.25. The second-order valence-electron chi connectivity index (χ2n) is 7.89. The highest BCUT2D eigenvalue weighted by molar-refractivity contribution is 7.99. The number of nitrogens with zero attached hydrogens (tertiary/aromatic N) is 3. The van der Waals surface area contributed by atoms with E-state index < -0.39 is 0 Å². The Balaban J connectivity index is 1.63. The third kappa shape index (κ3) is 6.28. The number of ether oxygens (including phenoxy) is 2. The maximum atomic E-state index is 12.8. The Morgan fingerprint density at radius 1 is 0.971 bits per heavy atom. The van der Waals surface area contributed by atoms with E-state index in [0.717, 1.165) is 5.75 Å². The molecule has 0 saturated heterocycles. The molecule has 0 bridgehead atoms. The number of nitrogens with one attached hydrogen (secondary N) is 2. The molecule has 0 unspecified atom stereocenters. The molecule has 1 aromatic heterocycles. The van der Waals surface area contributed by atoms with Crippen LogP contribution in [0.15, 0.2) is 53.7 Å². The Morgan fingerprint density at radius 2 is 1.56 bits per heavy atom. The number of anilines is 1. The van der Waals surface area contributed by atoms with Crippen LogP contribution in [0.3, 0.4) is 0 Å². The standard InChI is InChI=1S/C24H29N5O4S/c1-15(2)21(26-23(31)16-6-10-18(32-4)11-7-16)22-27-28-24(29(22)3)34-14-20(30)25-17-8-12-19(33-5)13-9-17/h6-13,15,21H,14H2,1-5H3,(H,25,30)(H,26,31)/t21-/m0/s1.